The van der Waals surface area contributed by atoms with Crippen LogP contribution in [0.1, 0.15) is 43.0 Å². The summed E-state index contributed by atoms with van der Waals surface area (Å²) in [6.07, 6.45) is 4.43. The summed E-state index contributed by atoms with van der Waals surface area (Å²) in [6, 6.07) is 5.60. The van der Waals surface area contributed by atoms with Crippen LogP contribution in [0, 0.1) is 0 Å². The highest BCUT2D eigenvalue weighted by molar-refractivity contribution is 6.32. The average molecular weight is 350 g/mol. The Morgan fingerprint density at radius 2 is 1.71 bits per heavy atom. The predicted molar refractivity (Wildman–Crippen MR) is 97.0 cm³/mol. The van der Waals surface area contributed by atoms with Gasteiger partial charge in [-0.3, -0.25) is 9.59 Å². The van der Waals surface area contributed by atoms with Crippen LogP contribution in [0.15, 0.2) is 18.2 Å². The number of halogens is 1. The highest BCUT2D eigenvalue weighted by Gasteiger charge is 2.25. The first-order valence-corrected chi connectivity index (χ1v) is 9.13. The molecule has 0 bridgehead atoms. The number of carbonyl (C=O) groups excluding carboxylic acids is 2. The second-order valence-electron chi connectivity index (χ2n) is 6.53. The molecule has 5 nitrogen and oxygen atoms in total. The van der Waals surface area contributed by atoms with E-state index in [4.69, 9.17) is 11.6 Å². The van der Waals surface area contributed by atoms with E-state index < -0.39 is 5.38 Å². The number of rotatable bonds is 4. The lowest BCUT2D eigenvalue weighted by molar-refractivity contribution is -0.115. The smallest absolute Gasteiger partial charge is 0.256 e. The van der Waals surface area contributed by atoms with Crippen LogP contribution in [0.4, 0.5) is 11.4 Å². The van der Waals surface area contributed by atoms with Crippen molar-refractivity contribution in [3.05, 3.63) is 23.8 Å². The monoisotopic (exact) mass is 349 g/mol. The second kappa shape index (κ2) is 7.43. The van der Waals surface area contributed by atoms with Gasteiger partial charge in [-0.05, 0) is 50.8 Å². The van der Waals surface area contributed by atoms with Gasteiger partial charge < -0.3 is 15.1 Å². The van der Waals surface area contributed by atoms with Crippen molar-refractivity contribution in [2.24, 2.45) is 0 Å². The normalized spacial score (nSPS) is 18.8. The van der Waals surface area contributed by atoms with Gasteiger partial charge >= 0.3 is 0 Å². The van der Waals surface area contributed by atoms with Crippen molar-refractivity contribution in [3.63, 3.8) is 0 Å². The van der Waals surface area contributed by atoms with Gasteiger partial charge in [0.05, 0.1) is 5.56 Å². The first kappa shape index (κ1) is 17.1. The fourth-order valence-corrected chi connectivity index (χ4v) is 3.41. The van der Waals surface area contributed by atoms with Crippen molar-refractivity contribution in [1.29, 1.82) is 0 Å². The first-order valence-electron chi connectivity index (χ1n) is 8.69. The first-order chi connectivity index (χ1) is 11.6. The maximum atomic E-state index is 13.0. The van der Waals surface area contributed by atoms with E-state index in [0.717, 1.165) is 57.5 Å². The highest BCUT2D eigenvalue weighted by atomic mass is 35.5. The fraction of sp³-hybridized carbons (Fsp3) is 0.556. The number of hydrogen-bond acceptors (Lipinski definition) is 3. The number of amides is 2. The molecule has 3 rings (SSSR count). The van der Waals surface area contributed by atoms with Gasteiger partial charge in [0, 0.05) is 37.6 Å². The van der Waals surface area contributed by atoms with Crippen LogP contribution < -0.4 is 10.2 Å². The number of benzene rings is 1. The van der Waals surface area contributed by atoms with Gasteiger partial charge in [-0.25, -0.2) is 0 Å². The van der Waals surface area contributed by atoms with Crippen LogP contribution in [0.25, 0.3) is 0 Å². The fourth-order valence-electron chi connectivity index (χ4n) is 3.35. The number of likely N-dealkylation sites (tertiary alicyclic amines) is 1. The third kappa shape index (κ3) is 3.66. The Balaban J connectivity index is 1.90. The van der Waals surface area contributed by atoms with Crippen molar-refractivity contribution in [2.45, 2.75) is 38.0 Å². The molecule has 6 heteroatoms. The predicted octanol–water partition coefficient (Wildman–Crippen LogP) is 3.09. The van der Waals surface area contributed by atoms with Crippen LogP contribution in [0.5, 0.6) is 0 Å². The number of carbonyl (C=O) groups is 2. The van der Waals surface area contributed by atoms with E-state index >= 15 is 0 Å². The SMILES string of the molecule is C[C@@H](Cl)C(=O)Nc1ccc(N2CCCC2)c(C(=O)N2CCCC2)c1. The Labute approximate surface area is 147 Å². The van der Waals surface area contributed by atoms with Gasteiger partial charge in [0.2, 0.25) is 5.91 Å². The molecular formula is C18H24ClN3O2. The molecule has 1 N–H and O–H groups in total. The average Bonchev–Trinajstić information content (AvgIpc) is 3.27. The van der Waals surface area contributed by atoms with Crippen LogP contribution in [0.2, 0.25) is 0 Å². The van der Waals surface area contributed by atoms with E-state index in [0.29, 0.717) is 11.3 Å². The van der Waals surface area contributed by atoms with E-state index in [1.807, 2.05) is 17.0 Å². The summed E-state index contributed by atoms with van der Waals surface area (Å²) in [7, 11) is 0. The van der Waals surface area contributed by atoms with Crippen LogP contribution in [-0.2, 0) is 4.79 Å². The molecule has 1 aromatic carbocycles. The Kier molecular flexibility index (Phi) is 5.29. The summed E-state index contributed by atoms with van der Waals surface area (Å²) in [5.41, 5.74) is 2.28. The molecule has 2 aliphatic rings. The third-order valence-corrected chi connectivity index (χ3v) is 4.89. The summed E-state index contributed by atoms with van der Waals surface area (Å²) in [5, 5.41) is 2.17. The highest BCUT2D eigenvalue weighted by Crippen LogP contribution is 2.29. The van der Waals surface area contributed by atoms with Gasteiger partial charge in [0.15, 0.2) is 0 Å². The minimum atomic E-state index is -0.610. The summed E-state index contributed by atoms with van der Waals surface area (Å²) in [4.78, 5) is 29.0. The van der Waals surface area contributed by atoms with E-state index in [1.54, 1.807) is 13.0 Å². The summed E-state index contributed by atoms with van der Waals surface area (Å²) in [5.74, 6) is -0.199. The lowest BCUT2D eigenvalue weighted by atomic mass is 10.1. The number of alkyl halides is 1. The van der Waals surface area contributed by atoms with Crippen molar-refractivity contribution in [1.82, 2.24) is 4.90 Å². The van der Waals surface area contributed by atoms with Crippen LogP contribution in [0.3, 0.4) is 0 Å². The van der Waals surface area contributed by atoms with Crippen molar-refractivity contribution in [3.8, 4) is 0 Å². The van der Waals surface area contributed by atoms with E-state index in [1.165, 1.54) is 0 Å². The molecule has 0 aliphatic carbocycles. The van der Waals surface area contributed by atoms with Crippen molar-refractivity contribution >= 4 is 34.8 Å². The summed E-state index contributed by atoms with van der Waals surface area (Å²) >= 11 is 5.82. The lowest BCUT2D eigenvalue weighted by Gasteiger charge is -2.24. The molecule has 130 valence electrons. The molecular weight excluding hydrogens is 326 g/mol. The van der Waals surface area contributed by atoms with Gasteiger partial charge in [-0.15, -0.1) is 11.6 Å². The molecule has 1 atom stereocenters. The zero-order chi connectivity index (χ0) is 17.1. The summed E-state index contributed by atoms with van der Waals surface area (Å²) < 4.78 is 0. The standard InChI is InChI=1S/C18H24ClN3O2/c1-13(19)17(23)20-14-6-7-16(21-8-2-3-9-21)15(12-14)18(24)22-10-4-5-11-22/h6-7,12-13H,2-5,8-11H2,1H3,(H,20,23)/t13-/m1/s1. The maximum absolute atomic E-state index is 13.0. The molecule has 2 amide bonds. The van der Waals surface area contributed by atoms with Gasteiger partial charge in [-0.1, -0.05) is 0 Å². The minimum Gasteiger partial charge on any atom is -0.371 e. The minimum absolute atomic E-state index is 0.0596. The molecule has 2 aliphatic heterocycles. The number of nitrogens with one attached hydrogen (secondary N) is 1. The second-order valence-corrected chi connectivity index (χ2v) is 7.19. The molecule has 2 heterocycles. The van der Waals surface area contributed by atoms with Gasteiger partial charge in [0.1, 0.15) is 5.38 Å². The largest absolute Gasteiger partial charge is 0.371 e. The summed E-state index contributed by atoms with van der Waals surface area (Å²) in [6.45, 7) is 5.21. The lowest BCUT2D eigenvalue weighted by Crippen LogP contribution is -2.30. The van der Waals surface area contributed by atoms with Crippen LogP contribution in [-0.4, -0.2) is 48.3 Å². The van der Waals surface area contributed by atoms with Crippen molar-refractivity contribution < 1.29 is 9.59 Å². The number of anilines is 2. The molecule has 0 saturated carbocycles. The third-order valence-electron chi connectivity index (χ3n) is 4.70. The zero-order valence-electron chi connectivity index (χ0n) is 14.1. The molecule has 0 spiro atoms. The molecule has 0 aromatic heterocycles. The van der Waals surface area contributed by atoms with E-state index in [2.05, 4.69) is 10.2 Å². The van der Waals surface area contributed by atoms with E-state index in [9.17, 15) is 9.59 Å². The molecule has 0 radical (unpaired) electrons. The van der Waals surface area contributed by atoms with E-state index in [-0.39, 0.29) is 11.8 Å². The maximum Gasteiger partial charge on any atom is 0.256 e. The molecule has 2 saturated heterocycles. The van der Waals surface area contributed by atoms with Gasteiger partial charge in [0.25, 0.3) is 5.91 Å². The van der Waals surface area contributed by atoms with Crippen LogP contribution >= 0.6 is 11.6 Å². The Morgan fingerprint density at radius 1 is 1.08 bits per heavy atom. The molecule has 1 aromatic rings. The topological polar surface area (TPSA) is 52.7 Å². The number of nitrogens with zero attached hydrogens (tertiary/aromatic N) is 2. The molecule has 0 unspecified atom stereocenters. The zero-order valence-corrected chi connectivity index (χ0v) is 14.8. The van der Waals surface area contributed by atoms with Gasteiger partial charge in [-0.2, -0.15) is 0 Å². The molecule has 2 fully saturated rings. The molecule has 24 heavy (non-hydrogen) atoms. The Bertz CT molecular complexity index is 621. The Morgan fingerprint density at radius 3 is 2.33 bits per heavy atom. The Hall–Kier alpha value is -1.75. The number of hydrogen-bond donors (Lipinski definition) is 1. The van der Waals surface area contributed by atoms with Crippen molar-refractivity contribution in [2.75, 3.05) is 36.4 Å². The quantitative estimate of drug-likeness (QED) is 0.850.